The Morgan fingerprint density at radius 3 is 2.76 bits per heavy atom. The Kier molecular flexibility index (Phi) is 3.34. The molecular weight excluding hydrogens is 222 g/mol. The molecule has 1 aliphatic carbocycles. The number of hydrogen-bond donors (Lipinski definition) is 3. The predicted molar refractivity (Wildman–Crippen MR) is 60.7 cm³/mol. The summed E-state index contributed by atoms with van der Waals surface area (Å²) in [6.07, 6.45) is 7.33. The first-order chi connectivity index (χ1) is 8.19. The molecule has 17 heavy (non-hydrogen) atoms. The van der Waals surface area contributed by atoms with Gasteiger partial charge in [0, 0.05) is 18.6 Å². The van der Waals surface area contributed by atoms with Crippen molar-refractivity contribution in [3.63, 3.8) is 0 Å². The average molecular weight is 235 g/mol. The smallest absolute Gasteiger partial charge is 0.356 e. The minimum absolute atomic E-state index is 0.0780. The van der Waals surface area contributed by atoms with Crippen molar-refractivity contribution < 1.29 is 15.0 Å². The number of nitrogens with zero attached hydrogens (tertiary/aromatic N) is 2. The van der Waals surface area contributed by atoms with Crippen LogP contribution in [0.2, 0.25) is 0 Å². The summed E-state index contributed by atoms with van der Waals surface area (Å²) in [6.45, 7) is 0.137. The Morgan fingerprint density at radius 2 is 2.24 bits per heavy atom. The van der Waals surface area contributed by atoms with E-state index in [1.54, 1.807) is 0 Å². The number of rotatable bonds is 4. The number of anilines is 1. The van der Waals surface area contributed by atoms with Crippen molar-refractivity contribution in [2.45, 2.75) is 12.5 Å². The van der Waals surface area contributed by atoms with Crippen molar-refractivity contribution in [2.75, 3.05) is 11.9 Å². The molecule has 3 N–H and O–H groups in total. The Bertz CT molecular complexity index is 430. The lowest BCUT2D eigenvalue weighted by Gasteiger charge is -2.12. The third-order valence-corrected chi connectivity index (χ3v) is 2.61. The summed E-state index contributed by atoms with van der Waals surface area (Å²) >= 11 is 0. The van der Waals surface area contributed by atoms with Gasteiger partial charge < -0.3 is 15.5 Å². The maximum Gasteiger partial charge on any atom is 0.356 e. The molecule has 90 valence electrons. The minimum Gasteiger partial charge on any atom is -0.476 e. The summed E-state index contributed by atoms with van der Waals surface area (Å²) in [6, 6.07) is 0.108. The van der Waals surface area contributed by atoms with Crippen molar-refractivity contribution >= 4 is 11.8 Å². The number of hydrogen-bond acceptors (Lipinski definition) is 5. The van der Waals surface area contributed by atoms with E-state index in [2.05, 4.69) is 15.3 Å². The second-order valence-corrected chi connectivity index (χ2v) is 3.91. The van der Waals surface area contributed by atoms with E-state index in [1.807, 2.05) is 12.2 Å². The molecule has 6 heteroatoms. The van der Waals surface area contributed by atoms with Gasteiger partial charge in [0.1, 0.15) is 5.82 Å². The summed E-state index contributed by atoms with van der Waals surface area (Å²) in [5, 5.41) is 20.7. The molecule has 0 spiro atoms. The summed E-state index contributed by atoms with van der Waals surface area (Å²) < 4.78 is 0. The number of aromatic nitrogens is 2. The second kappa shape index (κ2) is 4.92. The first-order valence-electron chi connectivity index (χ1n) is 5.30. The number of carboxylic acid groups (broad SMARTS) is 1. The molecule has 1 aromatic rings. The van der Waals surface area contributed by atoms with E-state index in [1.165, 1.54) is 12.4 Å². The molecule has 0 aromatic carbocycles. The van der Waals surface area contributed by atoms with Crippen molar-refractivity contribution in [3.8, 4) is 0 Å². The molecular formula is C11H13N3O3. The fraction of sp³-hybridized carbons (Fsp3) is 0.364. The zero-order valence-corrected chi connectivity index (χ0v) is 9.08. The third-order valence-electron chi connectivity index (χ3n) is 2.61. The van der Waals surface area contributed by atoms with E-state index in [9.17, 15) is 4.79 Å². The highest BCUT2D eigenvalue weighted by Crippen LogP contribution is 2.19. The van der Waals surface area contributed by atoms with E-state index in [4.69, 9.17) is 10.2 Å². The topological polar surface area (TPSA) is 95.3 Å². The zero-order chi connectivity index (χ0) is 12.3. The van der Waals surface area contributed by atoms with Crippen LogP contribution >= 0.6 is 0 Å². The Morgan fingerprint density at radius 1 is 1.41 bits per heavy atom. The fourth-order valence-corrected chi connectivity index (χ4v) is 1.72. The molecule has 0 unspecified atom stereocenters. The molecule has 0 amide bonds. The van der Waals surface area contributed by atoms with Crippen molar-refractivity contribution in [1.82, 2.24) is 9.97 Å². The molecule has 2 rings (SSSR count). The van der Waals surface area contributed by atoms with Crippen LogP contribution in [0.5, 0.6) is 0 Å². The highest BCUT2D eigenvalue weighted by Gasteiger charge is 2.18. The summed E-state index contributed by atoms with van der Waals surface area (Å²) in [7, 11) is 0. The lowest BCUT2D eigenvalue weighted by atomic mass is 10.1. The van der Waals surface area contributed by atoms with Crippen molar-refractivity contribution in [3.05, 3.63) is 30.2 Å². The van der Waals surface area contributed by atoms with Crippen LogP contribution in [0.4, 0.5) is 5.82 Å². The molecule has 6 nitrogen and oxygen atoms in total. The van der Waals surface area contributed by atoms with Gasteiger partial charge in [-0.05, 0) is 6.42 Å². The second-order valence-electron chi connectivity index (χ2n) is 3.91. The molecule has 1 heterocycles. The van der Waals surface area contributed by atoms with Gasteiger partial charge in [-0.15, -0.1) is 0 Å². The monoisotopic (exact) mass is 235 g/mol. The van der Waals surface area contributed by atoms with E-state index in [-0.39, 0.29) is 24.3 Å². The molecule has 1 aromatic heterocycles. The van der Waals surface area contributed by atoms with Crippen LogP contribution in [-0.2, 0) is 0 Å². The number of carboxylic acids is 1. The van der Waals surface area contributed by atoms with E-state index in [0.29, 0.717) is 5.82 Å². The predicted octanol–water partition coefficient (Wildman–Crippen LogP) is 0.524. The molecule has 0 saturated heterocycles. The Balaban J connectivity index is 1.96. The number of aliphatic hydroxyl groups is 1. The maximum atomic E-state index is 10.6. The first-order valence-corrected chi connectivity index (χ1v) is 5.30. The van der Waals surface area contributed by atoms with E-state index >= 15 is 0 Å². The zero-order valence-electron chi connectivity index (χ0n) is 9.08. The van der Waals surface area contributed by atoms with E-state index < -0.39 is 5.97 Å². The van der Waals surface area contributed by atoms with Crippen LogP contribution in [0.15, 0.2) is 24.5 Å². The molecule has 0 radical (unpaired) electrons. The van der Waals surface area contributed by atoms with Gasteiger partial charge >= 0.3 is 5.97 Å². The highest BCUT2D eigenvalue weighted by atomic mass is 16.4. The number of aromatic carboxylic acids is 1. The first kappa shape index (κ1) is 11.5. The van der Waals surface area contributed by atoms with Crippen LogP contribution in [0.1, 0.15) is 16.9 Å². The van der Waals surface area contributed by atoms with Gasteiger partial charge in [0.15, 0.2) is 5.69 Å². The molecule has 0 saturated carbocycles. The molecule has 0 aliphatic heterocycles. The van der Waals surface area contributed by atoms with Gasteiger partial charge in [0.25, 0.3) is 0 Å². The Labute approximate surface area is 98.0 Å². The maximum absolute atomic E-state index is 10.6. The van der Waals surface area contributed by atoms with Gasteiger partial charge in [-0.2, -0.15) is 0 Å². The number of carbonyl (C=O) groups is 1. The lowest BCUT2D eigenvalue weighted by Crippen LogP contribution is -2.17. The van der Waals surface area contributed by atoms with Crippen LogP contribution in [-0.4, -0.2) is 38.8 Å². The van der Waals surface area contributed by atoms with E-state index in [0.717, 1.165) is 6.42 Å². The molecule has 0 bridgehead atoms. The standard InChI is InChI=1S/C11H13N3O3/c15-6-7-1-2-8(3-7)14-10-5-12-9(4-13-10)11(16)17/h1-2,4-5,7-8,15H,3,6H2,(H,13,14)(H,16,17)/t7-,8+/m0/s1. The quantitative estimate of drug-likeness (QED) is 0.659. The Hall–Kier alpha value is -1.95. The van der Waals surface area contributed by atoms with Gasteiger partial charge in [-0.3, -0.25) is 0 Å². The molecule has 2 atom stereocenters. The molecule has 1 aliphatic rings. The van der Waals surface area contributed by atoms with Crippen molar-refractivity contribution in [1.29, 1.82) is 0 Å². The SMILES string of the molecule is O=C(O)c1cnc(N[C@@H]2C=C[C@H](CO)C2)cn1. The van der Waals surface area contributed by atoms with Crippen LogP contribution in [0.3, 0.4) is 0 Å². The number of aliphatic hydroxyl groups excluding tert-OH is 1. The van der Waals surface area contributed by atoms with Gasteiger partial charge in [-0.25, -0.2) is 14.8 Å². The average Bonchev–Trinajstić information content (AvgIpc) is 2.77. The largest absolute Gasteiger partial charge is 0.476 e. The minimum atomic E-state index is -1.09. The van der Waals surface area contributed by atoms with Gasteiger partial charge in [0.05, 0.1) is 12.4 Å². The molecule has 0 fully saturated rings. The number of nitrogens with one attached hydrogen (secondary N) is 1. The van der Waals surface area contributed by atoms with Crippen LogP contribution in [0, 0.1) is 5.92 Å². The summed E-state index contributed by atoms with van der Waals surface area (Å²) in [5.41, 5.74) is -0.0780. The van der Waals surface area contributed by atoms with Crippen LogP contribution < -0.4 is 5.32 Å². The third kappa shape index (κ3) is 2.79. The van der Waals surface area contributed by atoms with Crippen molar-refractivity contribution in [2.24, 2.45) is 5.92 Å². The summed E-state index contributed by atoms with van der Waals surface area (Å²) in [4.78, 5) is 18.3. The normalized spacial score (nSPS) is 22.6. The lowest BCUT2D eigenvalue weighted by molar-refractivity contribution is 0.0690. The van der Waals surface area contributed by atoms with Crippen LogP contribution in [0.25, 0.3) is 0 Å². The van der Waals surface area contributed by atoms with Gasteiger partial charge in [-0.1, -0.05) is 12.2 Å². The fourth-order valence-electron chi connectivity index (χ4n) is 1.72. The van der Waals surface area contributed by atoms with Gasteiger partial charge in [0.2, 0.25) is 0 Å². The highest BCUT2D eigenvalue weighted by molar-refractivity contribution is 5.84. The summed E-state index contributed by atoms with van der Waals surface area (Å²) in [5.74, 6) is -0.382.